The first-order chi connectivity index (χ1) is 11.8. The summed E-state index contributed by atoms with van der Waals surface area (Å²) in [5.41, 5.74) is 0.746. The first-order valence-corrected chi connectivity index (χ1v) is 7.52. The van der Waals surface area contributed by atoms with Crippen LogP contribution in [0.5, 0.6) is 5.75 Å². The van der Waals surface area contributed by atoms with Crippen LogP contribution in [-0.4, -0.2) is 13.1 Å². The van der Waals surface area contributed by atoms with Gasteiger partial charge in [-0.2, -0.15) is 13.2 Å². The number of esters is 1. The highest BCUT2D eigenvalue weighted by Gasteiger charge is 2.41. The van der Waals surface area contributed by atoms with Crippen molar-refractivity contribution in [3.8, 4) is 5.75 Å². The van der Waals surface area contributed by atoms with Crippen LogP contribution in [0.25, 0.3) is 0 Å². The van der Waals surface area contributed by atoms with E-state index in [-0.39, 0.29) is 5.57 Å². The van der Waals surface area contributed by atoms with E-state index < -0.39 is 29.7 Å². The molecule has 2 aromatic carbocycles. The zero-order valence-electron chi connectivity index (χ0n) is 13.3. The molecule has 0 N–H and O–H groups in total. The highest BCUT2D eigenvalue weighted by Crippen LogP contribution is 2.45. The van der Waals surface area contributed by atoms with E-state index in [0.717, 1.165) is 17.7 Å². The van der Waals surface area contributed by atoms with Crippen molar-refractivity contribution in [1.82, 2.24) is 0 Å². The molecule has 0 unspecified atom stereocenters. The van der Waals surface area contributed by atoms with Gasteiger partial charge in [0.2, 0.25) is 0 Å². The van der Waals surface area contributed by atoms with Gasteiger partial charge >= 0.3 is 12.1 Å². The first kappa shape index (κ1) is 17.1. The summed E-state index contributed by atoms with van der Waals surface area (Å²) in [5, 5.41) is 0. The first-order valence-electron chi connectivity index (χ1n) is 7.52. The normalized spacial score (nSPS) is 20.5. The minimum Gasteiger partial charge on any atom is -0.497 e. The van der Waals surface area contributed by atoms with E-state index in [4.69, 9.17) is 9.47 Å². The van der Waals surface area contributed by atoms with Gasteiger partial charge in [-0.1, -0.05) is 30.8 Å². The summed E-state index contributed by atoms with van der Waals surface area (Å²) in [5.74, 6) is -0.438. The predicted molar refractivity (Wildman–Crippen MR) is 85.2 cm³/mol. The minimum absolute atomic E-state index is 0.223. The van der Waals surface area contributed by atoms with Crippen molar-refractivity contribution in [3.05, 3.63) is 77.4 Å². The second-order valence-electron chi connectivity index (χ2n) is 5.72. The third kappa shape index (κ3) is 3.24. The van der Waals surface area contributed by atoms with Gasteiger partial charge < -0.3 is 9.47 Å². The Morgan fingerprint density at radius 2 is 1.56 bits per heavy atom. The van der Waals surface area contributed by atoms with Crippen molar-refractivity contribution in [1.29, 1.82) is 0 Å². The van der Waals surface area contributed by atoms with Crippen LogP contribution in [0.3, 0.4) is 0 Å². The lowest BCUT2D eigenvalue weighted by molar-refractivity contribution is -0.139. The molecule has 25 heavy (non-hydrogen) atoms. The van der Waals surface area contributed by atoms with E-state index in [9.17, 15) is 18.0 Å². The van der Waals surface area contributed by atoms with Gasteiger partial charge in [-0.3, -0.25) is 0 Å². The van der Waals surface area contributed by atoms with Crippen LogP contribution >= 0.6 is 0 Å². The maximum Gasteiger partial charge on any atom is 0.416 e. The molecule has 0 aromatic heterocycles. The van der Waals surface area contributed by atoms with Crippen molar-refractivity contribution >= 4 is 5.97 Å². The number of carbonyl (C=O) groups is 1. The van der Waals surface area contributed by atoms with Gasteiger partial charge in [-0.25, -0.2) is 4.79 Å². The van der Waals surface area contributed by atoms with Gasteiger partial charge in [-0.05, 0) is 35.4 Å². The van der Waals surface area contributed by atoms with Crippen LogP contribution in [0.15, 0.2) is 60.7 Å². The lowest BCUT2D eigenvalue weighted by Gasteiger charge is -2.19. The van der Waals surface area contributed by atoms with Crippen LogP contribution in [0.2, 0.25) is 0 Å². The van der Waals surface area contributed by atoms with Crippen molar-refractivity contribution in [2.24, 2.45) is 0 Å². The zero-order chi connectivity index (χ0) is 18.2. The number of cyclic esters (lactones) is 1. The van der Waals surface area contributed by atoms with Crippen LogP contribution in [0.1, 0.15) is 28.7 Å². The number of carbonyl (C=O) groups excluding carboxylic acids is 1. The van der Waals surface area contributed by atoms with Crippen molar-refractivity contribution in [2.45, 2.75) is 18.2 Å². The highest BCUT2D eigenvalue weighted by atomic mass is 19.4. The molecule has 0 aliphatic carbocycles. The minimum atomic E-state index is -4.41. The number of hydrogen-bond donors (Lipinski definition) is 0. The Hall–Kier alpha value is -2.76. The molecule has 3 rings (SSSR count). The molecule has 2 aromatic rings. The number of rotatable bonds is 3. The number of methoxy groups -OCH3 is 1. The Bertz CT molecular complexity index is 792. The number of halogens is 3. The molecule has 1 aliphatic rings. The van der Waals surface area contributed by atoms with Gasteiger partial charge in [-0.15, -0.1) is 0 Å². The third-order valence-corrected chi connectivity index (χ3v) is 4.22. The quantitative estimate of drug-likeness (QED) is 0.598. The molecule has 0 radical (unpaired) electrons. The van der Waals surface area contributed by atoms with E-state index in [0.29, 0.717) is 11.3 Å². The Balaban J connectivity index is 1.96. The van der Waals surface area contributed by atoms with Crippen LogP contribution < -0.4 is 4.74 Å². The summed E-state index contributed by atoms with van der Waals surface area (Å²) in [6.45, 7) is 3.75. The Labute approximate surface area is 142 Å². The Morgan fingerprint density at radius 3 is 2.08 bits per heavy atom. The molecule has 130 valence electrons. The fourth-order valence-corrected chi connectivity index (χ4v) is 2.88. The Kier molecular flexibility index (Phi) is 4.29. The summed E-state index contributed by atoms with van der Waals surface area (Å²) in [6, 6.07) is 11.7. The van der Waals surface area contributed by atoms with E-state index in [1.54, 1.807) is 24.3 Å². The molecule has 0 bridgehead atoms. The fourth-order valence-electron chi connectivity index (χ4n) is 2.88. The molecular weight excluding hydrogens is 333 g/mol. The summed E-state index contributed by atoms with van der Waals surface area (Å²) in [6.07, 6.45) is -5.05. The summed E-state index contributed by atoms with van der Waals surface area (Å²) < 4.78 is 48.7. The molecule has 3 nitrogen and oxygen atoms in total. The second-order valence-corrected chi connectivity index (χ2v) is 5.72. The van der Waals surface area contributed by atoms with E-state index in [2.05, 4.69) is 6.58 Å². The van der Waals surface area contributed by atoms with Gasteiger partial charge in [0.05, 0.1) is 18.6 Å². The summed E-state index contributed by atoms with van der Waals surface area (Å²) in [7, 11) is 1.54. The van der Waals surface area contributed by atoms with E-state index in [1.807, 2.05) is 0 Å². The maximum absolute atomic E-state index is 12.7. The fraction of sp³-hybridized carbons (Fsp3) is 0.211. The largest absolute Gasteiger partial charge is 0.497 e. The van der Waals surface area contributed by atoms with Crippen molar-refractivity contribution < 1.29 is 27.4 Å². The summed E-state index contributed by atoms with van der Waals surface area (Å²) >= 11 is 0. The van der Waals surface area contributed by atoms with Gasteiger partial charge in [0.25, 0.3) is 0 Å². The smallest absolute Gasteiger partial charge is 0.416 e. The predicted octanol–water partition coefficient (Wildman–Crippen LogP) is 4.65. The molecule has 1 fully saturated rings. The molecule has 0 spiro atoms. The molecule has 0 saturated carbocycles. The van der Waals surface area contributed by atoms with Gasteiger partial charge in [0.1, 0.15) is 11.9 Å². The maximum atomic E-state index is 12.7. The van der Waals surface area contributed by atoms with Gasteiger partial charge in [0, 0.05) is 5.57 Å². The molecule has 1 aliphatic heterocycles. The number of alkyl halides is 3. The van der Waals surface area contributed by atoms with Crippen molar-refractivity contribution in [2.75, 3.05) is 7.11 Å². The number of ether oxygens (including phenoxy) is 2. The average molecular weight is 348 g/mol. The monoisotopic (exact) mass is 348 g/mol. The lowest BCUT2D eigenvalue weighted by Crippen LogP contribution is -2.09. The summed E-state index contributed by atoms with van der Waals surface area (Å²) in [4.78, 5) is 12.0. The topological polar surface area (TPSA) is 35.5 Å². The second kappa shape index (κ2) is 6.27. The molecule has 6 heteroatoms. The SMILES string of the molecule is C=C1C(=O)O[C@@H](c2ccc(OC)cc2)[C@H]1c1ccc(C(F)(F)F)cc1. The zero-order valence-corrected chi connectivity index (χ0v) is 13.3. The number of benzene rings is 2. The highest BCUT2D eigenvalue weighted by molar-refractivity contribution is 5.92. The van der Waals surface area contributed by atoms with Crippen LogP contribution in [0, 0.1) is 0 Å². The molecule has 1 heterocycles. The molecule has 2 atom stereocenters. The standard InChI is InChI=1S/C19H15F3O3/c1-11-16(12-3-7-14(8-4-12)19(20,21)22)17(25-18(11)23)13-5-9-15(24-2)10-6-13/h3-10,16-17H,1H2,2H3/t16-,17+/m1/s1. The van der Waals surface area contributed by atoms with E-state index >= 15 is 0 Å². The average Bonchev–Trinajstić information content (AvgIpc) is 2.89. The van der Waals surface area contributed by atoms with Crippen LogP contribution in [0.4, 0.5) is 13.2 Å². The van der Waals surface area contributed by atoms with E-state index in [1.165, 1.54) is 19.2 Å². The van der Waals surface area contributed by atoms with Crippen LogP contribution in [-0.2, 0) is 15.7 Å². The Morgan fingerprint density at radius 1 is 1.00 bits per heavy atom. The lowest BCUT2D eigenvalue weighted by atomic mass is 9.85. The third-order valence-electron chi connectivity index (χ3n) is 4.22. The van der Waals surface area contributed by atoms with Crippen molar-refractivity contribution in [3.63, 3.8) is 0 Å². The van der Waals surface area contributed by atoms with Gasteiger partial charge in [0.15, 0.2) is 0 Å². The molecule has 0 amide bonds. The number of hydrogen-bond acceptors (Lipinski definition) is 3. The molecule has 1 saturated heterocycles. The molecular formula is C19H15F3O3.